The van der Waals surface area contributed by atoms with Crippen LogP contribution in [0.15, 0.2) is 22.8 Å². The summed E-state index contributed by atoms with van der Waals surface area (Å²) in [5.41, 5.74) is 0. The molecule has 7 heteroatoms. The monoisotopic (exact) mass is 340 g/mol. The molecule has 1 saturated carbocycles. The Labute approximate surface area is 137 Å². The molecule has 0 unspecified atom stereocenters. The Kier molecular flexibility index (Phi) is 5.06. The van der Waals surface area contributed by atoms with Crippen LogP contribution >= 0.6 is 0 Å². The van der Waals surface area contributed by atoms with E-state index in [-0.39, 0.29) is 36.0 Å². The van der Waals surface area contributed by atoms with Gasteiger partial charge in [0.05, 0.1) is 30.9 Å². The molecule has 2 fully saturated rings. The van der Waals surface area contributed by atoms with Crippen molar-refractivity contribution in [2.75, 3.05) is 18.1 Å². The molecule has 0 bridgehead atoms. The molecule has 0 radical (unpaired) electrons. The van der Waals surface area contributed by atoms with Crippen LogP contribution in [0, 0.1) is 0 Å². The van der Waals surface area contributed by atoms with Gasteiger partial charge in [0.15, 0.2) is 9.84 Å². The van der Waals surface area contributed by atoms with E-state index in [1.807, 2.05) is 11.0 Å². The average molecular weight is 340 g/mol. The molecule has 1 atom stereocenters. The maximum absolute atomic E-state index is 12.3. The summed E-state index contributed by atoms with van der Waals surface area (Å²) in [5, 5.41) is 3.07. The Morgan fingerprint density at radius 3 is 2.70 bits per heavy atom. The summed E-state index contributed by atoms with van der Waals surface area (Å²) < 4.78 is 28.9. The zero-order chi connectivity index (χ0) is 16.3. The maximum Gasteiger partial charge on any atom is 0.234 e. The molecule has 2 heterocycles. The van der Waals surface area contributed by atoms with Gasteiger partial charge in [-0.25, -0.2) is 8.42 Å². The smallest absolute Gasteiger partial charge is 0.234 e. The second-order valence-electron chi connectivity index (χ2n) is 6.59. The van der Waals surface area contributed by atoms with Crippen molar-refractivity contribution >= 4 is 15.7 Å². The van der Waals surface area contributed by atoms with Gasteiger partial charge >= 0.3 is 0 Å². The van der Waals surface area contributed by atoms with Crippen LogP contribution in [0.5, 0.6) is 0 Å². The molecule has 2 aliphatic rings. The van der Waals surface area contributed by atoms with E-state index in [1.165, 1.54) is 12.8 Å². The van der Waals surface area contributed by atoms with E-state index in [0.29, 0.717) is 13.0 Å². The van der Waals surface area contributed by atoms with Gasteiger partial charge in [0.1, 0.15) is 5.76 Å². The van der Waals surface area contributed by atoms with Crippen LogP contribution in [-0.4, -0.2) is 49.4 Å². The number of carbonyl (C=O) groups is 1. The molecule has 0 aromatic carbocycles. The SMILES string of the molecule is O=C(CN(Cc1ccco1)[C@@H]1CCS(=O)(=O)C1)NC1CCCC1. The number of rotatable bonds is 6. The van der Waals surface area contributed by atoms with Gasteiger partial charge in [-0.2, -0.15) is 0 Å². The number of amides is 1. The first-order valence-corrected chi connectivity index (χ1v) is 10.1. The molecule has 128 valence electrons. The molecular formula is C16H24N2O4S. The number of hydrogen-bond donors (Lipinski definition) is 1. The zero-order valence-corrected chi connectivity index (χ0v) is 14.1. The first-order valence-electron chi connectivity index (χ1n) is 8.28. The normalized spacial score (nSPS) is 24.3. The van der Waals surface area contributed by atoms with Crippen molar-refractivity contribution in [3.05, 3.63) is 24.2 Å². The molecule has 1 aromatic rings. The van der Waals surface area contributed by atoms with Crippen LogP contribution in [0.1, 0.15) is 37.9 Å². The van der Waals surface area contributed by atoms with Crippen molar-refractivity contribution in [2.24, 2.45) is 0 Å². The van der Waals surface area contributed by atoms with E-state index in [1.54, 1.807) is 12.3 Å². The van der Waals surface area contributed by atoms with Crippen molar-refractivity contribution < 1.29 is 17.6 Å². The Morgan fingerprint density at radius 1 is 1.30 bits per heavy atom. The van der Waals surface area contributed by atoms with Crippen molar-refractivity contribution in [1.82, 2.24) is 10.2 Å². The topological polar surface area (TPSA) is 79.6 Å². The molecule has 6 nitrogen and oxygen atoms in total. The highest BCUT2D eigenvalue weighted by Crippen LogP contribution is 2.21. The lowest BCUT2D eigenvalue weighted by Crippen LogP contribution is -2.45. The fraction of sp³-hybridized carbons (Fsp3) is 0.688. The number of hydrogen-bond acceptors (Lipinski definition) is 5. The van der Waals surface area contributed by atoms with Crippen LogP contribution in [-0.2, 0) is 21.2 Å². The van der Waals surface area contributed by atoms with Crippen LogP contribution in [0.2, 0.25) is 0 Å². The lowest BCUT2D eigenvalue weighted by Gasteiger charge is -2.27. The Morgan fingerprint density at radius 2 is 2.09 bits per heavy atom. The fourth-order valence-corrected chi connectivity index (χ4v) is 5.27. The van der Waals surface area contributed by atoms with E-state index < -0.39 is 9.84 Å². The van der Waals surface area contributed by atoms with Crippen LogP contribution in [0.3, 0.4) is 0 Å². The third-order valence-electron chi connectivity index (χ3n) is 4.73. The number of carbonyl (C=O) groups excluding carboxylic acids is 1. The van der Waals surface area contributed by atoms with Crippen LogP contribution in [0.4, 0.5) is 0 Å². The molecule has 1 saturated heterocycles. The zero-order valence-electron chi connectivity index (χ0n) is 13.2. The predicted molar refractivity (Wildman–Crippen MR) is 86.6 cm³/mol. The summed E-state index contributed by atoms with van der Waals surface area (Å²) in [6.45, 7) is 0.683. The summed E-state index contributed by atoms with van der Waals surface area (Å²) in [6, 6.07) is 3.82. The third-order valence-corrected chi connectivity index (χ3v) is 6.48. The molecule has 1 N–H and O–H groups in total. The molecule has 0 spiro atoms. The van der Waals surface area contributed by atoms with Crippen molar-refractivity contribution in [2.45, 2.75) is 50.7 Å². The van der Waals surface area contributed by atoms with E-state index in [2.05, 4.69) is 5.32 Å². The first-order chi connectivity index (χ1) is 11.0. The van der Waals surface area contributed by atoms with Gasteiger partial charge < -0.3 is 9.73 Å². The molecule has 23 heavy (non-hydrogen) atoms. The highest BCUT2D eigenvalue weighted by atomic mass is 32.2. The summed E-state index contributed by atoms with van der Waals surface area (Å²) in [4.78, 5) is 14.3. The Balaban J connectivity index is 1.63. The van der Waals surface area contributed by atoms with Crippen molar-refractivity contribution in [3.63, 3.8) is 0 Å². The van der Waals surface area contributed by atoms with Crippen LogP contribution in [0.25, 0.3) is 0 Å². The quantitative estimate of drug-likeness (QED) is 0.845. The molecule has 1 amide bonds. The molecular weight excluding hydrogens is 316 g/mol. The van der Waals surface area contributed by atoms with Gasteiger partial charge in [0.2, 0.25) is 5.91 Å². The van der Waals surface area contributed by atoms with E-state index in [0.717, 1.165) is 18.6 Å². The average Bonchev–Trinajstić information content (AvgIpc) is 3.20. The minimum absolute atomic E-state index is 0.0206. The standard InChI is InChI=1S/C16H24N2O4S/c19-16(17-13-4-1-2-5-13)11-18(10-15-6-3-8-22-15)14-7-9-23(20,21)12-14/h3,6,8,13-14H,1-2,4-5,7,9-12H2,(H,17,19)/t14-/m1/s1. The molecule has 1 aliphatic heterocycles. The van der Waals surface area contributed by atoms with Gasteiger partial charge in [-0.3, -0.25) is 9.69 Å². The lowest BCUT2D eigenvalue weighted by molar-refractivity contribution is -0.123. The van der Waals surface area contributed by atoms with Gasteiger partial charge in [0, 0.05) is 12.1 Å². The summed E-state index contributed by atoms with van der Waals surface area (Å²) >= 11 is 0. The number of sulfone groups is 1. The first kappa shape index (κ1) is 16.5. The molecule has 3 rings (SSSR count). The van der Waals surface area contributed by atoms with Gasteiger partial charge in [-0.05, 0) is 31.4 Å². The summed E-state index contributed by atoms with van der Waals surface area (Å²) in [6.07, 6.45) is 6.60. The molecule has 1 aromatic heterocycles. The van der Waals surface area contributed by atoms with E-state index in [9.17, 15) is 13.2 Å². The highest BCUT2D eigenvalue weighted by molar-refractivity contribution is 7.91. The van der Waals surface area contributed by atoms with Gasteiger partial charge in [-0.15, -0.1) is 0 Å². The van der Waals surface area contributed by atoms with E-state index in [4.69, 9.17) is 4.42 Å². The van der Waals surface area contributed by atoms with Gasteiger partial charge in [0.25, 0.3) is 0 Å². The predicted octanol–water partition coefficient (Wildman–Crippen LogP) is 1.33. The minimum atomic E-state index is -2.98. The van der Waals surface area contributed by atoms with Crippen LogP contribution < -0.4 is 5.32 Å². The Bertz CT molecular complexity index is 621. The maximum atomic E-state index is 12.3. The highest BCUT2D eigenvalue weighted by Gasteiger charge is 2.33. The fourth-order valence-electron chi connectivity index (χ4n) is 3.51. The second-order valence-corrected chi connectivity index (χ2v) is 8.82. The second kappa shape index (κ2) is 7.05. The third kappa shape index (κ3) is 4.57. The largest absolute Gasteiger partial charge is 0.468 e. The van der Waals surface area contributed by atoms with Crippen molar-refractivity contribution in [3.8, 4) is 0 Å². The number of nitrogens with zero attached hydrogens (tertiary/aromatic N) is 1. The minimum Gasteiger partial charge on any atom is -0.468 e. The summed E-state index contributed by atoms with van der Waals surface area (Å²) in [5.74, 6) is 1.07. The Hall–Kier alpha value is -1.34. The van der Waals surface area contributed by atoms with Crippen molar-refractivity contribution in [1.29, 1.82) is 0 Å². The lowest BCUT2D eigenvalue weighted by atomic mass is 10.2. The summed E-state index contributed by atoms with van der Waals surface area (Å²) in [7, 11) is -2.98. The number of furan rings is 1. The van der Waals surface area contributed by atoms with Gasteiger partial charge in [-0.1, -0.05) is 12.8 Å². The number of nitrogens with one attached hydrogen (secondary N) is 1. The molecule has 1 aliphatic carbocycles. The van der Waals surface area contributed by atoms with E-state index >= 15 is 0 Å².